The highest BCUT2D eigenvalue weighted by Crippen LogP contribution is 2.49. The second-order valence-corrected chi connectivity index (χ2v) is 10.3. The molecular weight excluding hydrogens is 444 g/mol. The van der Waals surface area contributed by atoms with E-state index in [9.17, 15) is 8.78 Å². The van der Waals surface area contributed by atoms with E-state index in [0.717, 1.165) is 36.8 Å². The minimum Gasteiger partial charge on any atom is -0.493 e. The number of fused-ring (bicyclic) bond motifs is 3. The molecule has 0 amide bonds. The maximum atomic E-state index is 13.2. The molecular formula is C22H30BrF2NO3. The van der Waals surface area contributed by atoms with Crippen molar-refractivity contribution in [3.63, 3.8) is 0 Å². The van der Waals surface area contributed by atoms with Crippen LogP contribution in [0.3, 0.4) is 0 Å². The molecule has 0 bridgehead atoms. The molecule has 2 aliphatic heterocycles. The number of hydrogen-bond acceptors (Lipinski definition) is 4. The summed E-state index contributed by atoms with van der Waals surface area (Å²) in [6.45, 7) is 8.19. The molecule has 4 nitrogen and oxygen atoms in total. The van der Waals surface area contributed by atoms with Crippen LogP contribution in [0.5, 0.6) is 11.5 Å². The standard InChI is InChI=1S/C22H30BrF2NO3/c1-21(2,3)29-13-5-6-17-16-9-18(27-4)20(28-14-10-22(24,25)11-14)19(23)15(16)7-8-26(17)12-13/h9,13-14,17H,5-8,10-12H2,1-4H3. The Morgan fingerprint density at radius 2 is 1.90 bits per heavy atom. The van der Waals surface area contributed by atoms with Crippen LogP contribution in [0.25, 0.3) is 0 Å². The monoisotopic (exact) mass is 473 g/mol. The molecule has 29 heavy (non-hydrogen) atoms. The lowest BCUT2D eigenvalue weighted by Crippen LogP contribution is -2.47. The van der Waals surface area contributed by atoms with E-state index in [0.29, 0.717) is 17.5 Å². The van der Waals surface area contributed by atoms with E-state index in [1.807, 2.05) is 6.07 Å². The largest absolute Gasteiger partial charge is 0.493 e. The summed E-state index contributed by atoms with van der Waals surface area (Å²) in [6, 6.07) is 2.37. The lowest BCUT2D eigenvalue weighted by Gasteiger charge is -2.45. The molecule has 2 atom stereocenters. The zero-order chi connectivity index (χ0) is 21.0. The van der Waals surface area contributed by atoms with E-state index in [-0.39, 0.29) is 24.5 Å². The zero-order valence-corrected chi connectivity index (χ0v) is 19.2. The summed E-state index contributed by atoms with van der Waals surface area (Å²) in [7, 11) is 1.60. The van der Waals surface area contributed by atoms with Crippen LogP contribution >= 0.6 is 15.9 Å². The predicted molar refractivity (Wildman–Crippen MR) is 111 cm³/mol. The number of alkyl halides is 2. The summed E-state index contributed by atoms with van der Waals surface area (Å²) >= 11 is 3.70. The molecule has 2 fully saturated rings. The molecule has 7 heteroatoms. The summed E-state index contributed by atoms with van der Waals surface area (Å²) in [5, 5.41) is 0. The topological polar surface area (TPSA) is 30.9 Å². The molecule has 2 heterocycles. The average molecular weight is 474 g/mol. The van der Waals surface area contributed by atoms with E-state index >= 15 is 0 Å². The lowest BCUT2D eigenvalue weighted by molar-refractivity contribution is -0.135. The molecule has 0 radical (unpaired) electrons. The second kappa shape index (κ2) is 7.65. The quantitative estimate of drug-likeness (QED) is 0.576. The Morgan fingerprint density at radius 3 is 2.52 bits per heavy atom. The maximum absolute atomic E-state index is 13.2. The number of benzene rings is 1. The molecule has 2 unspecified atom stereocenters. The third-order valence-electron chi connectivity index (χ3n) is 6.05. The van der Waals surface area contributed by atoms with Gasteiger partial charge in [-0.2, -0.15) is 0 Å². The first-order valence-electron chi connectivity index (χ1n) is 10.4. The van der Waals surface area contributed by atoms with Gasteiger partial charge in [0, 0.05) is 32.0 Å². The van der Waals surface area contributed by atoms with Crippen LogP contribution in [0.1, 0.15) is 63.6 Å². The lowest BCUT2D eigenvalue weighted by atomic mass is 9.85. The van der Waals surface area contributed by atoms with Gasteiger partial charge >= 0.3 is 0 Å². The number of ether oxygens (including phenoxy) is 3. The van der Waals surface area contributed by atoms with Crippen LogP contribution in [0.4, 0.5) is 8.78 Å². The van der Waals surface area contributed by atoms with Gasteiger partial charge in [0.05, 0.1) is 23.3 Å². The average Bonchev–Trinajstić information content (AvgIpc) is 2.60. The van der Waals surface area contributed by atoms with Gasteiger partial charge in [-0.05, 0) is 73.2 Å². The van der Waals surface area contributed by atoms with Crippen LogP contribution in [-0.2, 0) is 11.2 Å². The maximum Gasteiger partial charge on any atom is 0.255 e. The minimum absolute atomic E-state index is 0.137. The third-order valence-corrected chi connectivity index (χ3v) is 6.89. The molecule has 1 aliphatic carbocycles. The Labute approximate surface area is 180 Å². The van der Waals surface area contributed by atoms with Crippen molar-refractivity contribution in [1.82, 2.24) is 4.90 Å². The summed E-state index contributed by atoms with van der Waals surface area (Å²) < 4.78 is 45.1. The van der Waals surface area contributed by atoms with Crippen molar-refractivity contribution in [3.05, 3.63) is 21.7 Å². The zero-order valence-electron chi connectivity index (χ0n) is 17.6. The molecule has 0 spiro atoms. The number of hydrogen-bond donors (Lipinski definition) is 0. The Morgan fingerprint density at radius 1 is 1.17 bits per heavy atom. The first-order valence-corrected chi connectivity index (χ1v) is 11.2. The number of halogens is 3. The molecule has 1 aromatic rings. The molecule has 1 aromatic carbocycles. The summed E-state index contributed by atoms with van der Waals surface area (Å²) in [5.41, 5.74) is 2.32. The van der Waals surface area contributed by atoms with Gasteiger partial charge in [0.15, 0.2) is 11.5 Å². The second-order valence-electron chi connectivity index (χ2n) is 9.48. The van der Waals surface area contributed by atoms with E-state index in [1.165, 1.54) is 11.1 Å². The molecule has 1 saturated carbocycles. The Bertz CT molecular complexity index is 772. The van der Waals surface area contributed by atoms with Crippen molar-refractivity contribution in [2.24, 2.45) is 0 Å². The number of piperidine rings is 1. The SMILES string of the molecule is COc1cc2c(c(Br)c1OC1CC(F)(F)C1)CCN1CC(OC(C)(C)C)CCC21. The van der Waals surface area contributed by atoms with Crippen LogP contribution in [0.2, 0.25) is 0 Å². The first kappa shape index (κ1) is 21.3. The minimum atomic E-state index is -2.60. The van der Waals surface area contributed by atoms with Crippen LogP contribution < -0.4 is 9.47 Å². The third kappa shape index (κ3) is 4.42. The van der Waals surface area contributed by atoms with Gasteiger partial charge in [-0.15, -0.1) is 0 Å². The fourth-order valence-corrected chi connectivity index (χ4v) is 5.51. The Hall–Kier alpha value is -0.920. The van der Waals surface area contributed by atoms with Crippen molar-refractivity contribution in [3.8, 4) is 11.5 Å². The van der Waals surface area contributed by atoms with Gasteiger partial charge in [-0.1, -0.05) is 0 Å². The van der Waals surface area contributed by atoms with Crippen molar-refractivity contribution in [2.45, 2.75) is 82.6 Å². The summed E-state index contributed by atoms with van der Waals surface area (Å²) in [5.74, 6) is -1.43. The van der Waals surface area contributed by atoms with E-state index < -0.39 is 12.0 Å². The van der Waals surface area contributed by atoms with E-state index in [4.69, 9.17) is 14.2 Å². The molecule has 0 N–H and O–H groups in total. The molecule has 4 rings (SSSR count). The Kier molecular flexibility index (Phi) is 5.62. The normalized spacial score (nSPS) is 27.0. The van der Waals surface area contributed by atoms with Crippen molar-refractivity contribution >= 4 is 15.9 Å². The van der Waals surface area contributed by atoms with Crippen molar-refractivity contribution in [2.75, 3.05) is 20.2 Å². The van der Waals surface area contributed by atoms with E-state index in [2.05, 4.69) is 41.6 Å². The highest BCUT2D eigenvalue weighted by molar-refractivity contribution is 9.10. The molecule has 162 valence electrons. The van der Waals surface area contributed by atoms with Gasteiger partial charge in [0.2, 0.25) is 0 Å². The summed E-state index contributed by atoms with van der Waals surface area (Å²) in [6.07, 6.45) is 2.26. The molecule has 3 aliphatic rings. The Balaban J connectivity index is 1.55. The van der Waals surface area contributed by atoms with Crippen LogP contribution in [0, 0.1) is 0 Å². The van der Waals surface area contributed by atoms with Crippen LogP contribution in [0.15, 0.2) is 10.5 Å². The highest BCUT2D eigenvalue weighted by Gasteiger charge is 2.47. The summed E-state index contributed by atoms with van der Waals surface area (Å²) in [4.78, 5) is 2.50. The fraction of sp³-hybridized carbons (Fsp3) is 0.727. The van der Waals surface area contributed by atoms with Gasteiger partial charge in [0.1, 0.15) is 6.10 Å². The number of methoxy groups -OCH3 is 1. The first-order chi connectivity index (χ1) is 13.6. The predicted octanol–water partition coefficient (Wildman–Crippen LogP) is 5.51. The number of rotatable bonds is 4. The van der Waals surface area contributed by atoms with Gasteiger partial charge in [0.25, 0.3) is 5.92 Å². The fourth-order valence-electron chi connectivity index (χ4n) is 4.79. The number of nitrogens with zero attached hydrogens (tertiary/aromatic N) is 1. The van der Waals surface area contributed by atoms with E-state index in [1.54, 1.807) is 7.11 Å². The molecule has 1 saturated heterocycles. The van der Waals surface area contributed by atoms with Crippen molar-refractivity contribution in [1.29, 1.82) is 0 Å². The highest BCUT2D eigenvalue weighted by atomic mass is 79.9. The van der Waals surface area contributed by atoms with Gasteiger partial charge in [-0.3, -0.25) is 4.90 Å². The van der Waals surface area contributed by atoms with Gasteiger partial charge in [-0.25, -0.2) is 8.78 Å². The van der Waals surface area contributed by atoms with Crippen molar-refractivity contribution < 1.29 is 23.0 Å². The van der Waals surface area contributed by atoms with Gasteiger partial charge < -0.3 is 14.2 Å². The molecule has 0 aromatic heterocycles. The smallest absolute Gasteiger partial charge is 0.255 e. The van der Waals surface area contributed by atoms with Crippen LogP contribution in [-0.4, -0.2) is 48.8 Å².